The van der Waals surface area contributed by atoms with Crippen molar-refractivity contribution in [2.24, 2.45) is 0 Å². The zero-order valence-corrected chi connectivity index (χ0v) is 10.8. The Morgan fingerprint density at radius 3 is 2.58 bits per heavy atom. The Morgan fingerprint density at radius 1 is 0.947 bits per heavy atom. The minimum Gasteiger partial charge on any atom is -0.354 e. The minimum absolute atomic E-state index is 0.565. The van der Waals surface area contributed by atoms with Crippen molar-refractivity contribution in [1.29, 1.82) is 0 Å². The highest BCUT2D eigenvalue weighted by molar-refractivity contribution is 7.14. The lowest BCUT2D eigenvalue weighted by Gasteiger charge is -2.00. The number of aromatic nitrogens is 4. The molecule has 0 saturated heterocycles. The Bertz CT molecular complexity index is 638. The van der Waals surface area contributed by atoms with Gasteiger partial charge in [0.1, 0.15) is 11.5 Å². The molecule has 0 atom stereocenters. The zero-order chi connectivity index (χ0) is 12.9. The van der Waals surface area contributed by atoms with Gasteiger partial charge in [-0.15, -0.1) is 11.3 Å². The standard InChI is InChI=1S/C13H11N5S/c1-2-5-14-10(4-1)11-9-19-13(18-11)17-8-12-15-6-3-7-16-12/h1-7,9H,8H2,(H,17,18). The maximum atomic E-state index is 4.48. The van der Waals surface area contributed by atoms with E-state index in [2.05, 4.69) is 25.3 Å². The third kappa shape index (κ3) is 2.92. The summed E-state index contributed by atoms with van der Waals surface area (Å²) < 4.78 is 0. The van der Waals surface area contributed by atoms with Gasteiger partial charge in [-0.25, -0.2) is 15.0 Å². The van der Waals surface area contributed by atoms with Gasteiger partial charge in [-0.1, -0.05) is 6.07 Å². The average molecular weight is 269 g/mol. The summed E-state index contributed by atoms with van der Waals surface area (Å²) in [5.74, 6) is 0.747. The predicted molar refractivity (Wildman–Crippen MR) is 74.7 cm³/mol. The summed E-state index contributed by atoms with van der Waals surface area (Å²) in [6, 6.07) is 7.58. The van der Waals surface area contributed by atoms with Gasteiger partial charge in [-0.2, -0.15) is 0 Å². The molecular formula is C13H11N5S. The zero-order valence-electron chi connectivity index (χ0n) is 10.0. The van der Waals surface area contributed by atoms with Crippen LogP contribution in [0, 0.1) is 0 Å². The molecule has 5 nitrogen and oxygen atoms in total. The molecule has 0 fully saturated rings. The van der Waals surface area contributed by atoms with Crippen molar-refractivity contribution < 1.29 is 0 Å². The lowest BCUT2D eigenvalue weighted by Crippen LogP contribution is -2.03. The van der Waals surface area contributed by atoms with Crippen molar-refractivity contribution >= 4 is 16.5 Å². The molecule has 3 heterocycles. The Morgan fingerprint density at radius 2 is 1.79 bits per heavy atom. The molecule has 0 unspecified atom stereocenters. The average Bonchev–Trinajstić information content (AvgIpc) is 2.96. The molecule has 0 radical (unpaired) electrons. The molecule has 0 aromatic carbocycles. The van der Waals surface area contributed by atoms with E-state index >= 15 is 0 Å². The molecule has 0 aliphatic heterocycles. The number of thiazole rings is 1. The molecule has 6 heteroatoms. The highest BCUT2D eigenvalue weighted by Crippen LogP contribution is 2.23. The Balaban J connectivity index is 1.69. The second kappa shape index (κ2) is 5.53. The Kier molecular flexibility index (Phi) is 3.42. The second-order valence-corrected chi connectivity index (χ2v) is 4.63. The molecule has 3 aromatic heterocycles. The quantitative estimate of drug-likeness (QED) is 0.788. The van der Waals surface area contributed by atoms with Crippen molar-refractivity contribution in [1.82, 2.24) is 19.9 Å². The van der Waals surface area contributed by atoms with Gasteiger partial charge in [0.2, 0.25) is 0 Å². The lowest BCUT2D eigenvalue weighted by molar-refractivity contribution is 0.946. The van der Waals surface area contributed by atoms with Crippen LogP contribution in [0.5, 0.6) is 0 Å². The fraction of sp³-hybridized carbons (Fsp3) is 0.0769. The van der Waals surface area contributed by atoms with Crippen LogP contribution >= 0.6 is 11.3 Å². The molecule has 0 spiro atoms. The molecule has 0 amide bonds. The summed E-state index contributed by atoms with van der Waals surface area (Å²) in [6.07, 6.45) is 5.22. The van der Waals surface area contributed by atoms with E-state index in [0.29, 0.717) is 6.54 Å². The van der Waals surface area contributed by atoms with Crippen molar-refractivity contribution in [3.05, 3.63) is 54.1 Å². The maximum absolute atomic E-state index is 4.48. The fourth-order valence-corrected chi connectivity index (χ4v) is 2.27. The van der Waals surface area contributed by atoms with Crippen LogP contribution in [0.25, 0.3) is 11.4 Å². The first-order chi connectivity index (χ1) is 9.42. The van der Waals surface area contributed by atoms with Gasteiger partial charge in [-0.3, -0.25) is 4.98 Å². The lowest BCUT2D eigenvalue weighted by atomic mass is 10.3. The third-order valence-electron chi connectivity index (χ3n) is 2.45. The van der Waals surface area contributed by atoms with Gasteiger partial charge in [0, 0.05) is 24.0 Å². The molecule has 3 aromatic rings. The molecule has 94 valence electrons. The first kappa shape index (κ1) is 11.7. The number of anilines is 1. The molecule has 0 aliphatic carbocycles. The summed E-state index contributed by atoms with van der Waals surface area (Å²) in [6.45, 7) is 0.565. The van der Waals surface area contributed by atoms with E-state index < -0.39 is 0 Å². The van der Waals surface area contributed by atoms with Crippen LogP contribution in [0.15, 0.2) is 48.2 Å². The summed E-state index contributed by atoms with van der Waals surface area (Å²) >= 11 is 1.55. The highest BCUT2D eigenvalue weighted by Gasteiger charge is 2.05. The van der Waals surface area contributed by atoms with Crippen LogP contribution in [-0.2, 0) is 6.54 Å². The van der Waals surface area contributed by atoms with Gasteiger partial charge in [0.25, 0.3) is 0 Å². The van der Waals surface area contributed by atoms with Crippen LogP contribution in [0.2, 0.25) is 0 Å². The van der Waals surface area contributed by atoms with Crippen LogP contribution in [0.3, 0.4) is 0 Å². The van der Waals surface area contributed by atoms with Gasteiger partial charge in [-0.05, 0) is 18.2 Å². The summed E-state index contributed by atoms with van der Waals surface area (Å²) in [5.41, 5.74) is 1.75. The van der Waals surface area contributed by atoms with Crippen LogP contribution < -0.4 is 5.32 Å². The Labute approximate surface area is 114 Å². The van der Waals surface area contributed by atoms with E-state index in [1.807, 2.05) is 23.6 Å². The number of pyridine rings is 1. The van der Waals surface area contributed by atoms with Crippen LogP contribution in [-0.4, -0.2) is 19.9 Å². The fourth-order valence-electron chi connectivity index (χ4n) is 1.56. The molecule has 3 rings (SSSR count). The third-order valence-corrected chi connectivity index (χ3v) is 3.25. The van der Waals surface area contributed by atoms with E-state index in [0.717, 1.165) is 22.3 Å². The smallest absolute Gasteiger partial charge is 0.183 e. The number of hydrogen-bond donors (Lipinski definition) is 1. The largest absolute Gasteiger partial charge is 0.354 e. The van der Waals surface area contributed by atoms with Crippen molar-refractivity contribution in [3.63, 3.8) is 0 Å². The summed E-state index contributed by atoms with van der Waals surface area (Å²) in [7, 11) is 0. The molecule has 0 aliphatic rings. The number of nitrogens with zero attached hydrogens (tertiary/aromatic N) is 4. The molecule has 0 bridgehead atoms. The van der Waals surface area contributed by atoms with E-state index in [1.165, 1.54) is 0 Å². The maximum Gasteiger partial charge on any atom is 0.183 e. The van der Waals surface area contributed by atoms with Crippen LogP contribution in [0.4, 0.5) is 5.13 Å². The molecular weight excluding hydrogens is 258 g/mol. The van der Waals surface area contributed by atoms with Gasteiger partial charge in [0.15, 0.2) is 5.13 Å². The monoisotopic (exact) mass is 269 g/mol. The van der Waals surface area contributed by atoms with E-state index in [9.17, 15) is 0 Å². The van der Waals surface area contributed by atoms with Gasteiger partial charge in [0.05, 0.1) is 12.2 Å². The number of nitrogens with one attached hydrogen (secondary N) is 1. The SMILES string of the molecule is c1ccc(-c2csc(NCc3ncccn3)n2)nc1. The second-order valence-electron chi connectivity index (χ2n) is 3.77. The first-order valence-corrected chi connectivity index (χ1v) is 6.66. The Hall–Kier alpha value is -2.34. The number of rotatable bonds is 4. The normalized spacial score (nSPS) is 10.3. The van der Waals surface area contributed by atoms with Crippen LogP contribution in [0.1, 0.15) is 5.82 Å². The highest BCUT2D eigenvalue weighted by atomic mass is 32.1. The summed E-state index contributed by atoms with van der Waals surface area (Å²) in [4.78, 5) is 17.1. The van der Waals surface area contributed by atoms with Gasteiger partial charge >= 0.3 is 0 Å². The minimum atomic E-state index is 0.565. The first-order valence-electron chi connectivity index (χ1n) is 5.78. The van der Waals surface area contributed by atoms with E-state index in [-0.39, 0.29) is 0 Å². The van der Waals surface area contributed by atoms with E-state index in [4.69, 9.17) is 0 Å². The predicted octanol–water partition coefficient (Wildman–Crippen LogP) is 2.61. The summed E-state index contributed by atoms with van der Waals surface area (Å²) in [5, 5.41) is 6.03. The number of hydrogen-bond acceptors (Lipinski definition) is 6. The molecule has 1 N–H and O–H groups in total. The van der Waals surface area contributed by atoms with Crippen molar-refractivity contribution in [2.75, 3.05) is 5.32 Å². The molecule has 19 heavy (non-hydrogen) atoms. The van der Waals surface area contributed by atoms with Crippen molar-refractivity contribution in [2.45, 2.75) is 6.54 Å². The van der Waals surface area contributed by atoms with Gasteiger partial charge < -0.3 is 5.32 Å². The van der Waals surface area contributed by atoms with Crippen molar-refractivity contribution in [3.8, 4) is 11.4 Å². The van der Waals surface area contributed by atoms with E-state index in [1.54, 1.807) is 36.0 Å². The molecule has 0 saturated carbocycles. The topological polar surface area (TPSA) is 63.6 Å².